The van der Waals surface area contributed by atoms with Crippen LogP contribution in [0, 0.1) is 13.8 Å². The summed E-state index contributed by atoms with van der Waals surface area (Å²) in [5.41, 5.74) is 4.19. The Kier molecular flexibility index (Phi) is 6.08. The van der Waals surface area contributed by atoms with E-state index < -0.39 is 0 Å². The zero-order chi connectivity index (χ0) is 21.1. The molecule has 0 aliphatic carbocycles. The van der Waals surface area contributed by atoms with E-state index in [9.17, 15) is 9.59 Å². The molecule has 0 radical (unpaired) electrons. The molecule has 1 unspecified atom stereocenters. The summed E-state index contributed by atoms with van der Waals surface area (Å²) >= 11 is 0. The maximum Gasteiger partial charge on any atom is 0.225 e. The van der Waals surface area contributed by atoms with E-state index in [1.807, 2.05) is 43.0 Å². The van der Waals surface area contributed by atoms with E-state index in [1.165, 1.54) is 5.56 Å². The number of nitrogens with zero attached hydrogens (tertiary/aromatic N) is 4. The van der Waals surface area contributed by atoms with Gasteiger partial charge >= 0.3 is 0 Å². The fraction of sp³-hybridized carbons (Fsp3) is 0.478. The molecule has 2 aliphatic heterocycles. The third kappa shape index (κ3) is 4.51. The topological polar surface area (TPSA) is 78.4 Å². The SMILES string of the molecule is Cc1cc(C)nc(N2CCN(C(=O)CCC(=O)C3NCCc4ccccc43)CC2)n1. The monoisotopic (exact) mass is 407 g/mol. The maximum atomic E-state index is 12.8. The van der Waals surface area contributed by atoms with Crippen molar-refractivity contribution in [3.05, 3.63) is 52.8 Å². The van der Waals surface area contributed by atoms with Gasteiger partial charge in [0.15, 0.2) is 5.78 Å². The number of ketones is 1. The van der Waals surface area contributed by atoms with Gasteiger partial charge in [0.25, 0.3) is 0 Å². The first-order valence-corrected chi connectivity index (χ1v) is 10.7. The van der Waals surface area contributed by atoms with Crippen LogP contribution in [0.25, 0.3) is 0 Å². The number of carbonyl (C=O) groups is 2. The van der Waals surface area contributed by atoms with Crippen molar-refractivity contribution >= 4 is 17.6 Å². The van der Waals surface area contributed by atoms with E-state index >= 15 is 0 Å². The molecule has 4 rings (SSSR count). The van der Waals surface area contributed by atoms with Crippen LogP contribution in [0.15, 0.2) is 30.3 Å². The number of piperazine rings is 1. The predicted molar refractivity (Wildman–Crippen MR) is 115 cm³/mol. The first kappa shape index (κ1) is 20.5. The van der Waals surface area contributed by atoms with Gasteiger partial charge in [-0.2, -0.15) is 0 Å². The van der Waals surface area contributed by atoms with Crippen LogP contribution in [0.4, 0.5) is 5.95 Å². The lowest BCUT2D eigenvalue weighted by molar-refractivity contribution is -0.133. The number of benzene rings is 1. The largest absolute Gasteiger partial charge is 0.339 e. The minimum absolute atomic E-state index is 0.0495. The van der Waals surface area contributed by atoms with Gasteiger partial charge in [-0.05, 0) is 37.5 Å². The number of Topliss-reactive ketones (excluding diaryl/α,β-unsaturated/α-hetero) is 1. The molecule has 1 saturated heterocycles. The molecule has 7 nitrogen and oxygen atoms in total. The second-order valence-electron chi connectivity index (χ2n) is 8.12. The van der Waals surface area contributed by atoms with E-state index in [0.717, 1.165) is 35.9 Å². The van der Waals surface area contributed by atoms with Gasteiger partial charge in [0.05, 0.1) is 6.04 Å². The average Bonchev–Trinajstić information content (AvgIpc) is 2.76. The first-order chi connectivity index (χ1) is 14.5. The molecule has 158 valence electrons. The minimum Gasteiger partial charge on any atom is -0.339 e. The molecule has 1 aromatic heterocycles. The molecular weight excluding hydrogens is 378 g/mol. The molecular formula is C23H29N5O2. The summed E-state index contributed by atoms with van der Waals surface area (Å²) < 4.78 is 0. The standard InChI is InChI=1S/C23H29N5O2/c1-16-15-17(2)26-23(25-16)28-13-11-27(12-14-28)21(30)8-7-20(29)22-19-6-4-3-5-18(19)9-10-24-22/h3-6,15,22,24H,7-14H2,1-2H3. The van der Waals surface area contributed by atoms with Crippen molar-refractivity contribution in [2.24, 2.45) is 0 Å². The Hall–Kier alpha value is -2.80. The summed E-state index contributed by atoms with van der Waals surface area (Å²) in [4.78, 5) is 38.5. The van der Waals surface area contributed by atoms with E-state index in [-0.39, 0.29) is 30.6 Å². The molecule has 0 saturated carbocycles. The number of amides is 1. The molecule has 7 heteroatoms. The second kappa shape index (κ2) is 8.92. The highest BCUT2D eigenvalue weighted by atomic mass is 16.2. The normalized spacial score (nSPS) is 18.8. The summed E-state index contributed by atoms with van der Waals surface area (Å²) in [6.45, 7) is 7.41. The Balaban J connectivity index is 1.29. The zero-order valence-electron chi connectivity index (χ0n) is 17.7. The Morgan fingerprint density at radius 2 is 1.73 bits per heavy atom. The van der Waals surface area contributed by atoms with Gasteiger partial charge in [0, 0.05) is 57.0 Å². The predicted octanol–water partition coefficient (Wildman–Crippen LogP) is 1.98. The summed E-state index contributed by atoms with van der Waals surface area (Å²) in [7, 11) is 0. The quantitative estimate of drug-likeness (QED) is 0.817. The number of hydrogen-bond donors (Lipinski definition) is 1. The number of carbonyl (C=O) groups excluding carboxylic acids is 2. The van der Waals surface area contributed by atoms with E-state index in [1.54, 1.807) is 0 Å². The van der Waals surface area contributed by atoms with Gasteiger partial charge in [0.1, 0.15) is 0 Å². The number of hydrogen-bond acceptors (Lipinski definition) is 6. The molecule has 1 aromatic carbocycles. The van der Waals surface area contributed by atoms with Crippen molar-refractivity contribution in [1.29, 1.82) is 0 Å². The lowest BCUT2D eigenvalue weighted by Crippen LogP contribution is -2.49. The third-order valence-corrected chi connectivity index (χ3v) is 5.90. The number of anilines is 1. The van der Waals surface area contributed by atoms with Crippen molar-refractivity contribution in [3.63, 3.8) is 0 Å². The number of nitrogens with one attached hydrogen (secondary N) is 1. The lowest BCUT2D eigenvalue weighted by Gasteiger charge is -2.35. The second-order valence-corrected chi connectivity index (χ2v) is 8.12. The highest BCUT2D eigenvalue weighted by molar-refractivity contribution is 5.89. The number of aromatic nitrogens is 2. The van der Waals surface area contributed by atoms with E-state index in [2.05, 4.69) is 26.3 Å². The van der Waals surface area contributed by atoms with E-state index in [0.29, 0.717) is 26.2 Å². The van der Waals surface area contributed by atoms with Crippen molar-refractivity contribution in [2.75, 3.05) is 37.6 Å². The van der Waals surface area contributed by atoms with Crippen LogP contribution >= 0.6 is 0 Å². The van der Waals surface area contributed by atoms with Crippen molar-refractivity contribution in [3.8, 4) is 0 Å². The molecule has 3 heterocycles. The Morgan fingerprint density at radius 1 is 1.03 bits per heavy atom. The van der Waals surface area contributed by atoms with Crippen LogP contribution in [0.5, 0.6) is 0 Å². The Morgan fingerprint density at radius 3 is 2.47 bits per heavy atom. The van der Waals surface area contributed by atoms with E-state index in [4.69, 9.17) is 0 Å². The Bertz CT molecular complexity index is 917. The Labute approximate surface area is 177 Å². The highest BCUT2D eigenvalue weighted by Gasteiger charge is 2.27. The van der Waals surface area contributed by atoms with Crippen LogP contribution in [-0.2, 0) is 16.0 Å². The summed E-state index contributed by atoms with van der Waals surface area (Å²) in [6, 6.07) is 9.75. The van der Waals surface area contributed by atoms with Crippen LogP contribution in [0.1, 0.15) is 41.4 Å². The number of rotatable bonds is 5. The molecule has 0 bridgehead atoms. The van der Waals surface area contributed by atoms with Gasteiger partial charge < -0.3 is 15.1 Å². The van der Waals surface area contributed by atoms with Crippen molar-refractivity contribution < 1.29 is 9.59 Å². The molecule has 1 atom stereocenters. The smallest absolute Gasteiger partial charge is 0.225 e. The third-order valence-electron chi connectivity index (χ3n) is 5.90. The summed E-state index contributed by atoms with van der Waals surface area (Å²) in [5, 5.41) is 3.32. The minimum atomic E-state index is -0.290. The molecule has 0 spiro atoms. The molecule has 2 aliphatic rings. The summed E-state index contributed by atoms with van der Waals surface area (Å²) in [5.74, 6) is 0.878. The van der Waals surface area contributed by atoms with Crippen LogP contribution < -0.4 is 10.2 Å². The van der Waals surface area contributed by atoms with Gasteiger partial charge in [0.2, 0.25) is 11.9 Å². The zero-order valence-corrected chi connectivity index (χ0v) is 17.7. The molecule has 30 heavy (non-hydrogen) atoms. The highest BCUT2D eigenvalue weighted by Crippen LogP contribution is 2.25. The fourth-order valence-corrected chi connectivity index (χ4v) is 4.33. The van der Waals surface area contributed by atoms with Crippen LogP contribution in [-0.4, -0.2) is 59.3 Å². The van der Waals surface area contributed by atoms with Crippen molar-refractivity contribution in [2.45, 2.75) is 39.2 Å². The number of aryl methyl sites for hydroxylation is 2. The average molecular weight is 408 g/mol. The van der Waals surface area contributed by atoms with Gasteiger partial charge in [-0.3, -0.25) is 9.59 Å². The van der Waals surface area contributed by atoms with Gasteiger partial charge in [-0.25, -0.2) is 9.97 Å². The molecule has 1 N–H and O–H groups in total. The van der Waals surface area contributed by atoms with Gasteiger partial charge in [-0.1, -0.05) is 24.3 Å². The van der Waals surface area contributed by atoms with Gasteiger partial charge in [-0.15, -0.1) is 0 Å². The fourth-order valence-electron chi connectivity index (χ4n) is 4.33. The van der Waals surface area contributed by atoms with Crippen molar-refractivity contribution in [1.82, 2.24) is 20.2 Å². The maximum absolute atomic E-state index is 12.8. The number of fused-ring (bicyclic) bond motifs is 1. The van der Waals surface area contributed by atoms with Crippen LogP contribution in [0.3, 0.4) is 0 Å². The first-order valence-electron chi connectivity index (χ1n) is 10.7. The molecule has 2 aromatic rings. The molecule has 1 fully saturated rings. The van der Waals surface area contributed by atoms with Crippen LogP contribution in [0.2, 0.25) is 0 Å². The lowest BCUT2D eigenvalue weighted by atomic mass is 9.90. The molecule has 1 amide bonds. The summed E-state index contributed by atoms with van der Waals surface area (Å²) in [6.07, 6.45) is 1.47.